The highest BCUT2D eigenvalue weighted by atomic mass is 16.6. The Kier molecular flexibility index (Phi) is 1.90. The molecule has 1 atom stereocenters. The number of Topliss-reactive ketones (excluding diaryl/α,β-unsaturated/α-hetero) is 1. The molecule has 13 heavy (non-hydrogen) atoms. The molecule has 0 bridgehead atoms. The average molecular weight is 182 g/mol. The molecule has 2 rings (SSSR count). The number of cyclic esters (lactones) is 1. The lowest BCUT2D eigenvalue weighted by molar-refractivity contribution is -0.150. The van der Waals surface area contributed by atoms with Crippen molar-refractivity contribution in [3.05, 3.63) is 0 Å². The first kappa shape index (κ1) is 8.73. The highest BCUT2D eigenvalue weighted by Crippen LogP contribution is 2.43. The van der Waals surface area contributed by atoms with Gasteiger partial charge in [0.15, 0.2) is 11.9 Å². The normalized spacial score (nSPS) is 32.2. The van der Waals surface area contributed by atoms with Crippen molar-refractivity contribution in [2.45, 2.75) is 45.1 Å². The largest absolute Gasteiger partial charge is 0.454 e. The molecule has 1 heterocycles. The van der Waals surface area contributed by atoms with E-state index in [0.29, 0.717) is 12.8 Å². The van der Waals surface area contributed by atoms with Crippen molar-refractivity contribution in [1.82, 2.24) is 0 Å². The van der Waals surface area contributed by atoms with Gasteiger partial charge in [0, 0.05) is 0 Å². The minimum Gasteiger partial charge on any atom is -0.454 e. The molecule has 0 aromatic heterocycles. The maximum atomic E-state index is 11.7. The van der Waals surface area contributed by atoms with Gasteiger partial charge < -0.3 is 4.74 Å². The number of rotatable bonds is 0. The Hall–Kier alpha value is -0.860. The van der Waals surface area contributed by atoms with Crippen LogP contribution in [0, 0.1) is 5.41 Å². The van der Waals surface area contributed by atoms with Crippen LogP contribution in [-0.2, 0) is 14.3 Å². The molecule has 0 N–H and O–H groups in total. The Bertz CT molecular complexity index is 251. The molecule has 1 spiro atoms. The van der Waals surface area contributed by atoms with E-state index in [0.717, 1.165) is 19.3 Å². The smallest absolute Gasteiger partial charge is 0.320 e. The van der Waals surface area contributed by atoms with E-state index in [1.165, 1.54) is 0 Å². The zero-order valence-electron chi connectivity index (χ0n) is 7.84. The van der Waals surface area contributed by atoms with Crippen LogP contribution in [0.2, 0.25) is 0 Å². The third kappa shape index (κ3) is 1.10. The van der Waals surface area contributed by atoms with Crippen LogP contribution in [0.4, 0.5) is 0 Å². The highest BCUT2D eigenvalue weighted by molar-refractivity contribution is 6.10. The fraction of sp³-hybridized carbons (Fsp3) is 0.800. The summed E-state index contributed by atoms with van der Waals surface area (Å²) >= 11 is 0. The maximum absolute atomic E-state index is 11.7. The summed E-state index contributed by atoms with van der Waals surface area (Å²) in [5, 5.41) is 0. The molecular formula is C10H14O3. The van der Waals surface area contributed by atoms with Gasteiger partial charge in [0.05, 0.1) is 0 Å². The van der Waals surface area contributed by atoms with Gasteiger partial charge in [-0.3, -0.25) is 9.59 Å². The topological polar surface area (TPSA) is 43.4 Å². The van der Waals surface area contributed by atoms with Crippen LogP contribution in [-0.4, -0.2) is 17.9 Å². The van der Waals surface area contributed by atoms with E-state index in [9.17, 15) is 9.59 Å². The first-order chi connectivity index (χ1) is 6.17. The van der Waals surface area contributed by atoms with E-state index in [4.69, 9.17) is 4.74 Å². The van der Waals surface area contributed by atoms with Gasteiger partial charge in [-0.25, -0.2) is 0 Å². The van der Waals surface area contributed by atoms with Crippen molar-refractivity contribution in [2.75, 3.05) is 0 Å². The van der Waals surface area contributed by atoms with E-state index in [1.807, 2.05) is 0 Å². The predicted octanol–water partition coefficient (Wildman–Crippen LogP) is 1.45. The van der Waals surface area contributed by atoms with Gasteiger partial charge in [-0.15, -0.1) is 0 Å². The number of hydrogen-bond acceptors (Lipinski definition) is 3. The predicted molar refractivity (Wildman–Crippen MR) is 46.1 cm³/mol. The van der Waals surface area contributed by atoms with Crippen LogP contribution in [0.25, 0.3) is 0 Å². The van der Waals surface area contributed by atoms with Gasteiger partial charge >= 0.3 is 5.97 Å². The minimum atomic E-state index is -0.738. The zero-order chi connectivity index (χ0) is 9.47. The maximum Gasteiger partial charge on any atom is 0.320 e. The molecule has 1 saturated heterocycles. The van der Waals surface area contributed by atoms with Crippen molar-refractivity contribution in [3.8, 4) is 0 Å². The molecular weight excluding hydrogens is 168 g/mol. The number of ether oxygens (including phenoxy) is 1. The third-order valence-corrected chi connectivity index (χ3v) is 3.22. The number of esters is 1. The summed E-state index contributed by atoms with van der Waals surface area (Å²) < 4.78 is 4.98. The summed E-state index contributed by atoms with van der Waals surface area (Å²) in [5.74, 6) is -0.262. The lowest BCUT2D eigenvalue weighted by atomic mass is 9.71. The summed E-state index contributed by atoms with van der Waals surface area (Å²) in [7, 11) is 0. The van der Waals surface area contributed by atoms with Crippen molar-refractivity contribution in [3.63, 3.8) is 0 Å². The van der Waals surface area contributed by atoms with E-state index in [-0.39, 0.29) is 11.8 Å². The van der Waals surface area contributed by atoms with E-state index in [2.05, 4.69) is 0 Å². The van der Waals surface area contributed by atoms with Crippen LogP contribution in [0.5, 0.6) is 0 Å². The van der Waals surface area contributed by atoms with Gasteiger partial charge in [-0.1, -0.05) is 19.3 Å². The van der Waals surface area contributed by atoms with Gasteiger partial charge in [0.25, 0.3) is 0 Å². The molecule has 0 aromatic rings. The highest BCUT2D eigenvalue weighted by Gasteiger charge is 2.55. The van der Waals surface area contributed by atoms with Gasteiger partial charge in [0.2, 0.25) is 0 Å². The monoisotopic (exact) mass is 182 g/mol. The van der Waals surface area contributed by atoms with Crippen LogP contribution >= 0.6 is 0 Å². The molecule has 0 aromatic carbocycles. The number of hydrogen-bond donors (Lipinski definition) is 0. The van der Waals surface area contributed by atoms with Crippen molar-refractivity contribution in [2.24, 2.45) is 5.41 Å². The fourth-order valence-electron chi connectivity index (χ4n) is 2.42. The Morgan fingerprint density at radius 1 is 1.23 bits per heavy atom. The van der Waals surface area contributed by atoms with Gasteiger partial charge in [-0.2, -0.15) is 0 Å². The molecule has 3 heteroatoms. The van der Waals surface area contributed by atoms with Crippen LogP contribution in [0.1, 0.15) is 39.0 Å². The van der Waals surface area contributed by atoms with Gasteiger partial charge in [-0.05, 0) is 19.8 Å². The van der Waals surface area contributed by atoms with Crippen LogP contribution in [0.15, 0.2) is 0 Å². The lowest BCUT2D eigenvalue weighted by Gasteiger charge is -2.27. The van der Waals surface area contributed by atoms with E-state index >= 15 is 0 Å². The number of ketones is 1. The summed E-state index contributed by atoms with van der Waals surface area (Å²) in [6.07, 6.45) is 3.99. The van der Waals surface area contributed by atoms with Crippen LogP contribution in [0.3, 0.4) is 0 Å². The quantitative estimate of drug-likeness (QED) is 0.420. The third-order valence-electron chi connectivity index (χ3n) is 3.22. The van der Waals surface area contributed by atoms with Gasteiger partial charge in [0.1, 0.15) is 5.41 Å². The van der Waals surface area contributed by atoms with Crippen molar-refractivity contribution >= 4 is 11.8 Å². The Labute approximate surface area is 77.4 Å². The molecule has 2 fully saturated rings. The Balaban J connectivity index is 2.28. The first-order valence-corrected chi connectivity index (χ1v) is 4.92. The van der Waals surface area contributed by atoms with Crippen molar-refractivity contribution in [1.29, 1.82) is 0 Å². The molecule has 3 nitrogen and oxygen atoms in total. The Morgan fingerprint density at radius 3 is 2.31 bits per heavy atom. The second-order valence-corrected chi connectivity index (χ2v) is 4.05. The second kappa shape index (κ2) is 2.82. The molecule has 1 aliphatic heterocycles. The van der Waals surface area contributed by atoms with Crippen molar-refractivity contribution < 1.29 is 14.3 Å². The molecule has 1 aliphatic carbocycles. The molecule has 2 aliphatic rings. The fourth-order valence-corrected chi connectivity index (χ4v) is 2.42. The SMILES string of the molecule is C[C@@H]1OC(=O)C2(CCCCC2)C1=O. The average Bonchev–Trinajstić information content (AvgIpc) is 2.34. The zero-order valence-corrected chi connectivity index (χ0v) is 7.84. The molecule has 0 radical (unpaired) electrons. The molecule has 1 saturated carbocycles. The molecule has 0 unspecified atom stereocenters. The van der Waals surface area contributed by atoms with E-state index in [1.54, 1.807) is 6.92 Å². The standard InChI is InChI=1S/C10H14O3/c1-7-8(11)10(9(12)13-7)5-3-2-4-6-10/h7H,2-6H2,1H3/t7-/m0/s1. The summed E-state index contributed by atoms with van der Waals surface area (Å²) in [6.45, 7) is 1.67. The number of carbonyl (C=O) groups is 2. The van der Waals surface area contributed by atoms with Crippen LogP contribution < -0.4 is 0 Å². The number of carbonyl (C=O) groups excluding carboxylic acids is 2. The summed E-state index contributed by atoms with van der Waals surface area (Å²) in [4.78, 5) is 23.3. The molecule has 72 valence electrons. The lowest BCUT2D eigenvalue weighted by Crippen LogP contribution is -2.36. The Morgan fingerprint density at radius 2 is 1.85 bits per heavy atom. The second-order valence-electron chi connectivity index (χ2n) is 4.05. The molecule has 0 amide bonds. The summed E-state index contributed by atoms with van der Waals surface area (Å²) in [5.41, 5.74) is -0.738. The van der Waals surface area contributed by atoms with E-state index < -0.39 is 11.5 Å². The minimum absolute atomic E-state index is 0.0113. The first-order valence-electron chi connectivity index (χ1n) is 4.92. The summed E-state index contributed by atoms with van der Waals surface area (Å²) in [6, 6.07) is 0.